The Morgan fingerprint density at radius 2 is 1.31 bits per heavy atom. The maximum absolute atomic E-state index is 6.94. The van der Waals surface area contributed by atoms with E-state index in [1.807, 2.05) is 32.9 Å². The predicted octanol–water partition coefficient (Wildman–Crippen LogP) is 5.39. The maximum atomic E-state index is 6.94. The van der Waals surface area contributed by atoms with Gasteiger partial charge in [0.05, 0.1) is 0 Å². The molecule has 16 heavy (non-hydrogen) atoms. The minimum absolute atomic E-state index is 0. The Morgan fingerprint density at radius 1 is 1.00 bits per heavy atom. The first-order chi connectivity index (χ1) is 4.50. The Balaban J connectivity index is -0.0000000147. The minimum atomic E-state index is -0.250. The molecule has 0 aromatic heterocycles. The molecule has 0 fully saturated rings. The zero-order chi connectivity index (χ0) is 8.04. The second kappa shape index (κ2) is 24.4. The van der Waals surface area contributed by atoms with Gasteiger partial charge in [0.2, 0.25) is 0 Å². The minimum Gasteiger partial charge on any atom is -0.673 e. The molecule has 2 heteroatoms. The summed E-state index contributed by atoms with van der Waals surface area (Å²) in [6.45, 7) is 5.56. The van der Waals surface area contributed by atoms with Crippen LogP contribution in [0.5, 0.6) is 0 Å². The number of hydrogen-bond acceptors (Lipinski definition) is 0. The number of allylic oxidation sites excluding steroid dienone is 4. The molecule has 0 bridgehead atoms. The third-order valence-electron chi connectivity index (χ3n) is 0.586. The molecule has 0 aromatic carbocycles. The first kappa shape index (κ1) is 44.3. The first-order valence-corrected chi connectivity index (χ1v) is 3.47. The molecule has 0 radical (unpaired) electrons. The van der Waals surface area contributed by atoms with E-state index in [1.165, 1.54) is 0 Å². The summed E-state index contributed by atoms with van der Waals surface area (Å²) >= 11 is 0. The normalized spacial score (nSPS) is 9.25. The molecule has 0 atom stereocenters. The van der Waals surface area contributed by atoms with Gasteiger partial charge in [-0.2, -0.15) is 6.08 Å². The maximum Gasteiger partial charge on any atom is 0 e. The topological polar surface area (TPSA) is 23.8 Å². The molecule has 102 valence electrons. The fraction of sp³-hybridized carbons (Fsp3) is 0.357. The molecule has 0 saturated carbocycles. The van der Waals surface area contributed by atoms with Crippen LogP contribution >= 0.6 is 0 Å². The van der Waals surface area contributed by atoms with Crippen molar-refractivity contribution in [1.29, 1.82) is 0 Å². The van der Waals surface area contributed by atoms with Crippen LogP contribution < -0.4 is 0 Å². The number of rotatable bonds is 0. The standard InChI is InChI=1S/C5H5.C4H10N.5CH3.Ti/c1-2-4-5-3-1;1-4(2,3)5;;;;;;/h1-3H,4H2;5H,1-3H3;5*1H3;/q7*-1;. The zero-order valence-electron chi connectivity index (χ0n) is 12.4. The van der Waals surface area contributed by atoms with Crippen LogP contribution in [-0.2, 0) is 21.7 Å². The van der Waals surface area contributed by atoms with Crippen molar-refractivity contribution in [3.63, 3.8) is 0 Å². The van der Waals surface area contributed by atoms with Gasteiger partial charge in [-0.3, -0.25) is 6.08 Å². The van der Waals surface area contributed by atoms with E-state index in [2.05, 4.69) is 12.2 Å². The molecular weight excluding hydrogens is 230 g/mol. The molecule has 0 spiro atoms. The van der Waals surface area contributed by atoms with Gasteiger partial charge in [0, 0.05) is 21.7 Å². The van der Waals surface area contributed by atoms with Crippen molar-refractivity contribution < 1.29 is 21.7 Å². The van der Waals surface area contributed by atoms with Gasteiger partial charge < -0.3 is 42.9 Å². The Kier molecular flexibility index (Phi) is 67.5. The third kappa shape index (κ3) is 92.2. The molecule has 0 heterocycles. The van der Waals surface area contributed by atoms with E-state index < -0.39 is 0 Å². The van der Waals surface area contributed by atoms with Gasteiger partial charge in [0.25, 0.3) is 0 Å². The fourth-order valence-electron chi connectivity index (χ4n) is 0.340. The Morgan fingerprint density at radius 3 is 1.38 bits per heavy atom. The molecular formula is C14H30NTi-7. The summed E-state index contributed by atoms with van der Waals surface area (Å²) in [4.78, 5) is 0. The summed E-state index contributed by atoms with van der Waals surface area (Å²) in [6.07, 6.45) is 10.0. The summed E-state index contributed by atoms with van der Waals surface area (Å²) in [7, 11) is 0. The van der Waals surface area contributed by atoms with Crippen LogP contribution in [0.15, 0.2) is 18.2 Å². The van der Waals surface area contributed by atoms with Gasteiger partial charge >= 0.3 is 0 Å². The Labute approximate surface area is 121 Å². The smallest absolute Gasteiger partial charge is 0 e. The van der Waals surface area contributed by atoms with E-state index in [9.17, 15) is 0 Å². The molecule has 0 unspecified atom stereocenters. The van der Waals surface area contributed by atoms with Crippen LogP contribution in [0.2, 0.25) is 0 Å². The summed E-state index contributed by atoms with van der Waals surface area (Å²) in [5.41, 5.74) is 6.69. The molecule has 0 aliphatic heterocycles. The largest absolute Gasteiger partial charge is 0.673 e. The molecule has 0 saturated heterocycles. The summed E-state index contributed by atoms with van der Waals surface area (Å²) in [5, 5.41) is 0. The van der Waals surface area contributed by atoms with E-state index in [0.29, 0.717) is 0 Å². The van der Waals surface area contributed by atoms with Gasteiger partial charge in [-0.1, -0.05) is 20.8 Å². The quantitative estimate of drug-likeness (QED) is 0.412. The first-order valence-electron chi connectivity index (χ1n) is 3.47. The van der Waals surface area contributed by atoms with Crippen LogP contribution in [0, 0.1) is 43.2 Å². The van der Waals surface area contributed by atoms with E-state index in [4.69, 9.17) is 5.73 Å². The van der Waals surface area contributed by atoms with Gasteiger partial charge in [0.15, 0.2) is 0 Å². The van der Waals surface area contributed by atoms with E-state index in [1.54, 1.807) is 0 Å². The second-order valence-corrected chi connectivity index (χ2v) is 3.25. The monoisotopic (exact) mass is 260 g/mol. The van der Waals surface area contributed by atoms with Crippen molar-refractivity contribution in [3.8, 4) is 0 Å². The van der Waals surface area contributed by atoms with E-state index >= 15 is 0 Å². The van der Waals surface area contributed by atoms with Crippen LogP contribution in [0.1, 0.15) is 27.2 Å². The van der Waals surface area contributed by atoms with Crippen LogP contribution in [-0.4, -0.2) is 5.54 Å². The summed E-state index contributed by atoms with van der Waals surface area (Å²) < 4.78 is 0. The molecule has 1 N–H and O–H groups in total. The SMILES string of the molecule is CC(C)(C)[NH-].[C-]1=CC=CC1.[CH3-].[CH3-].[CH3-].[CH3-].[CH3-].[Ti]. The van der Waals surface area contributed by atoms with Crippen molar-refractivity contribution in [2.75, 3.05) is 0 Å². The van der Waals surface area contributed by atoms with Crippen molar-refractivity contribution in [1.82, 2.24) is 0 Å². The van der Waals surface area contributed by atoms with Crippen molar-refractivity contribution in [2.24, 2.45) is 0 Å². The van der Waals surface area contributed by atoms with Crippen LogP contribution in [0.25, 0.3) is 5.73 Å². The summed E-state index contributed by atoms with van der Waals surface area (Å²) in [5.74, 6) is 0. The van der Waals surface area contributed by atoms with Gasteiger partial charge in [-0.05, 0) is 0 Å². The second-order valence-electron chi connectivity index (χ2n) is 3.25. The van der Waals surface area contributed by atoms with E-state index in [0.717, 1.165) is 6.42 Å². The van der Waals surface area contributed by atoms with Gasteiger partial charge in [-0.15, -0.1) is 12.0 Å². The molecule has 1 rings (SSSR count). The van der Waals surface area contributed by atoms with Crippen molar-refractivity contribution in [2.45, 2.75) is 32.7 Å². The molecule has 0 aromatic rings. The molecule has 1 aliphatic carbocycles. The number of hydrogen-bond donors (Lipinski definition) is 0. The average molecular weight is 260 g/mol. The molecule has 0 amide bonds. The Hall–Kier alpha value is 0.154. The predicted molar refractivity (Wildman–Crippen MR) is 77.7 cm³/mol. The van der Waals surface area contributed by atoms with Gasteiger partial charge in [-0.25, -0.2) is 12.2 Å². The van der Waals surface area contributed by atoms with E-state index in [-0.39, 0.29) is 64.4 Å². The molecule has 1 aliphatic rings. The van der Waals surface area contributed by atoms with Gasteiger partial charge in [0.1, 0.15) is 0 Å². The third-order valence-corrected chi connectivity index (χ3v) is 0.586. The van der Waals surface area contributed by atoms with Crippen molar-refractivity contribution in [3.05, 3.63) is 67.2 Å². The molecule has 1 nitrogen and oxygen atoms in total. The van der Waals surface area contributed by atoms with Crippen LogP contribution in [0.4, 0.5) is 0 Å². The number of nitrogens with one attached hydrogen (secondary N) is 1. The zero-order valence-corrected chi connectivity index (χ0v) is 14.0. The van der Waals surface area contributed by atoms with Crippen LogP contribution in [0.3, 0.4) is 0 Å². The van der Waals surface area contributed by atoms with Crippen molar-refractivity contribution >= 4 is 0 Å². The Bertz CT molecular complexity index is 116. The summed E-state index contributed by atoms with van der Waals surface area (Å²) in [6, 6.07) is 0. The fourth-order valence-corrected chi connectivity index (χ4v) is 0.340. The average Bonchev–Trinajstić information content (AvgIpc) is 2.07.